The van der Waals surface area contributed by atoms with Crippen LogP contribution in [0.3, 0.4) is 0 Å². The Bertz CT molecular complexity index is 601. The highest BCUT2D eigenvalue weighted by atomic mass is 79.9. The summed E-state index contributed by atoms with van der Waals surface area (Å²) in [6.07, 6.45) is 0.953. The van der Waals surface area contributed by atoms with Gasteiger partial charge in [0.2, 0.25) is 0 Å². The van der Waals surface area contributed by atoms with E-state index in [1.54, 1.807) is 12.1 Å². The Morgan fingerprint density at radius 2 is 1.95 bits per heavy atom. The molecule has 1 unspecified atom stereocenters. The molecule has 0 spiro atoms. The Morgan fingerprint density at radius 3 is 2.62 bits per heavy atom. The normalized spacial score (nSPS) is 12.0. The molecular formula is C17H18BrFO2. The van der Waals surface area contributed by atoms with Crippen LogP contribution in [0.5, 0.6) is 11.5 Å². The van der Waals surface area contributed by atoms with E-state index in [1.165, 1.54) is 13.2 Å². The first-order chi connectivity index (χ1) is 10.2. The van der Waals surface area contributed by atoms with Gasteiger partial charge in [0.1, 0.15) is 17.3 Å². The quantitative estimate of drug-likeness (QED) is 0.672. The van der Waals surface area contributed by atoms with Crippen molar-refractivity contribution in [2.45, 2.75) is 18.2 Å². The number of hydrogen-bond acceptors (Lipinski definition) is 2. The summed E-state index contributed by atoms with van der Waals surface area (Å²) in [5.74, 6) is 1.01. The van der Waals surface area contributed by atoms with Crippen molar-refractivity contribution in [3.63, 3.8) is 0 Å². The monoisotopic (exact) mass is 352 g/mol. The number of halogens is 2. The molecule has 0 amide bonds. The van der Waals surface area contributed by atoms with Gasteiger partial charge < -0.3 is 9.47 Å². The van der Waals surface area contributed by atoms with Crippen LogP contribution < -0.4 is 9.47 Å². The van der Waals surface area contributed by atoms with Crippen molar-refractivity contribution >= 4 is 15.9 Å². The summed E-state index contributed by atoms with van der Waals surface area (Å²) in [4.78, 5) is -0.228. The van der Waals surface area contributed by atoms with Crippen molar-refractivity contribution in [2.24, 2.45) is 0 Å². The van der Waals surface area contributed by atoms with E-state index < -0.39 is 0 Å². The number of methoxy groups -OCH3 is 1. The summed E-state index contributed by atoms with van der Waals surface area (Å²) in [6.45, 7) is 2.73. The van der Waals surface area contributed by atoms with Gasteiger partial charge in [0.25, 0.3) is 0 Å². The summed E-state index contributed by atoms with van der Waals surface area (Å²) in [5, 5.41) is 0. The molecule has 0 N–H and O–H groups in total. The van der Waals surface area contributed by atoms with Gasteiger partial charge in [0.15, 0.2) is 0 Å². The van der Waals surface area contributed by atoms with Gasteiger partial charge in [-0.25, -0.2) is 4.39 Å². The zero-order valence-electron chi connectivity index (χ0n) is 12.1. The average molecular weight is 353 g/mol. The number of benzene rings is 2. The Labute approximate surface area is 133 Å². The standard InChI is InChI=1S/C17H18BrFO2/c1-3-9-21-14-6-4-5-12(10-14)17(18)15-8-7-13(20-2)11-16(15)19/h4-8,10-11,17H,3,9H2,1-2H3. The van der Waals surface area contributed by atoms with Crippen molar-refractivity contribution in [3.05, 3.63) is 59.4 Å². The third kappa shape index (κ3) is 3.97. The molecule has 1 atom stereocenters. The van der Waals surface area contributed by atoms with Crippen molar-refractivity contribution in [1.29, 1.82) is 0 Å². The number of hydrogen-bond donors (Lipinski definition) is 0. The summed E-state index contributed by atoms with van der Waals surface area (Å²) < 4.78 is 24.8. The molecule has 0 bridgehead atoms. The molecule has 0 aliphatic rings. The molecule has 0 saturated heterocycles. The number of rotatable bonds is 6. The number of ether oxygens (including phenoxy) is 2. The minimum Gasteiger partial charge on any atom is -0.497 e. The van der Waals surface area contributed by atoms with Crippen LogP contribution in [0.15, 0.2) is 42.5 Å². The van der Waals surface area contributed by atoms with Crippen LogP contribution in [-0.2, 0) is 0 Å². The first-order valence-corrected chi connectivity index (χ1v) is 7.77. The lowest BCUT2D eigenvalue weighted by Crippen LogP contribution is -1.99. The smallest absolute Gasteiger partial charge is 0.131 e. The Morgan fingerprint density at radius 1 is 1.14 bits per heavy atom. The second kappa shape index (κ2) is 7.46. The Kier molecular flexibility index (Phi) is 5.62. The molecule has 2 nitrogen and oxygen atoms in total. The van der Waals surface area contributed by atoms with Gasteiger partial charge >= 0.3 is 0 Å². The SMILES string of the molecule is CCCOc1cccc(C(Br)c2ccc(OC)cc2F)c1. The highest BCUT2D eigenvalue weighted by Crippen LogP contribution is 2.35. The molecule has 2 rings (SSSR count). The van der Waals surface area contributed by atoms with E-state index in [-0.39, 0.29) is 10.6 Å². The predicted molar refractivity (Wildman–Crippen MR) is 86.0 cm³/mol. The molecule has 21 heavy (non-hydrogen) atoms. The van der Waals surface area contributed by atoms with E-state index in [0.717, 1.165) is 17.7 Å². The molecule has 0 radical (unpaired) electrons. The fraction of sp³-hybridized carbons (Fsp3) is 0.294. The summed E-state index contributed by atoms with van der Waals surface area (Å²) in [6, 6.07) is 12.6. The maximum Gasteiger partial charge on any atom is 0.131 e. The predicted octanol–water partition coefficient (Wildman–Crippen LogP) is 5.11. The molecule has 0 aromatic heterocycles. The molecule has 0 saturated carbocycles. The van der Waals surface area contributed by atoms with Crippen molar-refractivity contribution in [2.75, 3.05) is 13.7 Å². The van der Waals surface area contributed by atoms with Gasteiger partial charge in [0.05, 0.1) is 18.5 Å². The molecule has 2 aromatic carbocycles. The Hall–Kier alpha value is -1.55. The lowest BCUT2D eigenvalue weighted by atomic mass is 10.0. The van der Waals surface area contributed by atoms with Gasteiger partial charge in [-0.15, -0.1) is 0 Å². The minimum absolute atomic E-state index is 0.228. The van der Waals surface area contributed by atoms with Crippen LogP contribution >= 0.6 is 15.9 Å². The highest BCUT2D eigenvalue weighted by molar-refractivity contribution is 9.09. The molecule has 0 aliphatic heterocycles. The fourth-order valence-corrected chi connectivity index (χ4v) is 2.66. The largest absolute Gasteiger partial charge is 0.497 e. The van der Waals surface area contributed by atoms with Crippen molar-refractivity contribution < 1.29 is 13.9 Å². The Balaban J connectivity index is 2.25. The van der Waals surface area contributed by atoms with Gasteiger partial charge in [-0.1, -0.05) is 41.1 Å². The fourth-order valence-electron chi connectivity index (χ4n) is 2.00. The average Bonchev–Trinajstić information content (AvgIpc) is 2.52. The van der Waals surface area contributed by atoms with Crippen LogP contribution in [-0.4, -0.2) is 13.7 Å². The topological polar surface area (TPSA) is 18.5 Å². The van der Waals surface area contributed by atoms with Crippen molar-refractivity contribution in [1.82, 2.24) is 0 Å². The van der Waals surface area contributed by atoms with Crippen LogP contribution in [0.2, 0.25) is 0 Å². The summed E-state index contributed by atoms with van der Waals surface area (Å²) >= 11 is 3.56. The van der Waals surface area contributed by atoms with E-state index in [4.69, 9.17) is 9.47 Å². The second-order valence-corrected chi connectivity index (χ2v) is 5.59. The van der Waals surface area contributed by atoms with Crippen LogP contribution in [0.25, 0.3) is 0 Å². The lowest BCUT2D eigenvalue weighted by Gasteiger charge is -2.14. The first kappa shape index (κ1) is 15.8. The highest BCUT2D eigenvalue weighted by Gasteiger charge is 2.16. The zero-order chi connectivity index (χ0) is 15.2. The second-order valence-electron chi connectivity index (χ2n) is 4.67. The maximum absolute atomic E-state index is 14.1. The van der Waals surface area contributed by atoms with E-state index >= 15 is 0 Å². The molecule has 0 fully saturated rings. The molecule has 112 valence electrons. The van der Waals surface area contributed by atoms with Gasteiger partial charge in [-0.2, -0.15) is 0 Å². The maximum atomic E-state index is 14.1. The number of alkyl halides is 1. The minimum atomic E-state index is -0.295. The van der Waals surface area contributed by atoms with Gasteiger partial charge in [-0.3, -0.25) is 0 Å². The van der Waals surface area contributed by atoms with Crippen LogP contribution in [0.1, 0.15) is 29.3 Å². The van der Waals surface area contributed by atoms with Crippen LogP contribution in [0.4, 0.5) is 4.39 Å². The summed E-state index contributed by atoms with van der Waals surface area (Å²) in [5.41, 5.74) is 1.52. The molecule has 2 aromatic rings. The molecule has 0 heterocycles. The molecule has 4 heteroatoms. The van der Waals surface area contributed by atoms with E-state index in [2.05, 4.69) is 22.9 Å². The first-order valence-electron chi connectivity index (χ1n) is 6.86. The van der Waals surface area contributed by atoms with Crippen LogP contribution in [0, 0.1) is 5.82 Å². The third-order valence-electron chi connectivity index (χ3n) is 3.10. The zero-order valence-corrected chi connectivity index (χ0v) is 13.7. The third-order valence-corrected chi connectivity index (χ3v) is 4.13. The van der Waals surface area contributed by atoms with E-state index in [0.29, 0.717) is 17.9 Å². The van der Waals surface area contributed by atoms with E-state index in [1.807, 2.05) is 24.3 Å². The lowest BCUT2D eigenvalue weighted by molar-refractivity contribution is 0.317. The van der Waals surface area contributed by atoms with Gasteiger partial charge in [0, 0.05) is 11.6 Å². The molecular weight excluding hydrogens is 335 g/mol. The van der Waals surface area contributed by atoms with E-state index in [9.17, 15) is 4.39 Å². The summed E-state index contributed by atoms with van der Waals surface area (Å²) in [7, 11) is 1.52. The molecule has 0 aliphatic carbocycles. The van der Waals surface area contributed by atoms with Crippen molar-refractivity contribution in [3.8, 4) is 11.5 Å². The van der Waals surface area contributed by atoms with Gasteiger partial charge in [-0.05, 0) is 30.2 Å².